The van der Waals surface area contributed by atoms with E-state index in [4.69, 9.17) is 10.5 Å². The molecule has 0 aliphatic heterocycles. The Bertz CT molecular complexity index is 506. The molecular weight excluding hydrogens is 236 g/mol. The van der Waals surface area contributed by atoms with Crippen LogP contribution in [0, 0.1) is 0 Å². The van der Waals surface area contributed by atoms with Crippen LogP contribution in [0.5, 0.6) is 0 Å². The highest BCUT2D eigenvalue weighted by atomic mass is 16.5. The zero-order valence-electron chi connectivity index (χ0n) is 10.9. The van der Waals surface area contributed by atoms with Gasteiger partial charge in [-0.25, -0.2) is 4.79 Å². The molecule has 7 heteroatoms. The summed E-state index contributed by atoms with van der Waals surface area (Å²) in [7, 11) is 1.58. The highest BCUT2D eigenvalue weighted by Crippen LogP contribution is 2.10. The number of aromatic amines is 1. The SMILES string of the molecule is CCCn1c(N)c(NCC(C)OC)c(=O)[nH]c1=O. The third kappa shape index (κ3) is 3.13. The van der Waals surface area contributed by atoms with Crippen molar-refractivity contribution >= 4 is 11.5 Å². The van der Waals surface area contributed by atoms with Crippen LogP contribution in [-0.4, -0.2) is 29.3 Å². The van der Waals surface area contributed by atoms with E-state index >= 15 is 0 Å². The van der Waals surface area contributed by atoms with Crippen molar-refractivity contribution in [2.75, 3.05) is 24.7 Å². The maximum atomic E-state index is 11.7. The molecule has 0 radical (unpaired) electrons. The van der Waals surface area contributed by atoms with E-state index in [1.54, 1.807) is 7.11 Å². The third-order valence-corrected chi connectivity index (χ3v) is 2.66. The first-order chi connectivity index (χ1) is 8.51. The van der Waals surface area contributed by atoms with Gasteiger partial charge in [0.25, 0.3) is 5.56 Å². The number of hydrogen-bond acceptors (Lipinski definition) is 5. The van der Waals surface area contributed by atoms with E-state index in [2.05, 4.69) is 10.3 Å². The van der Waals surface area contributed by atoms with Crippen LogP contribution in [-0.2, 0) is 11.3 Å². The van der Waals surface area contributed by atoms with E-state index in [-0.39, 0.29) is 17.6 Å². The van der Waals surface area contributed by atoms with Crippen molar-refractivity contribution in [3.63, 3.8) is 0 Å². The molecule has 0 amide bonds. The first-order valence-corrected chi connectivity index (χ1v) is 5.90. The minimum absolute atomic E-state index is 0.0599. The molecule has 0 spiro atoms. The molecular formula is C11H20N4O3. The fourth-order valence-corrected chi connectivity index (χ4v) is 1.53. The van der Waals surface area contributed by atoms with Gasteiger partial charge in [0, 0.05) is 20.2 Å². The highest BCUT2D eigenvalue weighted by molar-refractivity contribution is 5.60. The zero-order valence-corrected chi connectivity index (χ0v) is 10.9. The summed E-state index contributed by atoms with van der Waals surface area (Å²) in [5.41, 5.74) is 5.07. The molecule has 7 nitrogen and oxygen atoms in total. The monoisotopic (exact) mass is 256 g/mol. The lowest BCUT2D eigenvalue weighted by Gasteiger charge is -2.15. The summed E-state index contributed by atoms with van der Waals surface area (Å²) in [5, 5.41) is 2.90. The Kier molecular flexibility index (Phi) is 4.96. The quantitative estimate of drug-likeness (QED) is 0.663. The van der Waals surface area contributed by atoms with Crippen molar-refractivity contribution in [1.29, 1.82) is 0 Å². The van der Waals surface area contributed by atoms with Crippen LogP contribution in [0.15, 0.2) is 9.59 Å². The lowest BCUT2D eigenvalue weighted by molar-refractivity contribution is 0.129. The predicted octanol–water partition coefficient (Wildman–Crippen LogP) is -0.0244. The molecule has 0 aromatic carbocycles. The average Bonchev–Trinajstić information content (AvgIpc) is 2.33. The molecule has 0 saturated heterocycles. The molecule has 1 aromatic rings. The Morgan fingerprint density at radius 1 is 1.50 bits per heavy atom. The fraction of sp³-hybridized carbons (Fsp3) is 0.636. The summed E-state index contributed by atoms with van der Waals surface area (Å²) >= 11 is 0. The standard InChI is InChI=1S/C11H20N4O3/c1-4-5-15-9(12)8(10(16)14-11(15)17)13-6-7(2)18-3/h7,13H,4-6,12H2,1-3H3,(H,14,16,17). The van der Waals surface area contributed by atoms with Crippen LogP contribution >= 0.6 is 0 Å². The number of anilines is 2. The van der Waals surface area contributed by atoms with Gasteiger partial charge in [0.15, 0.2) is 0 Å². The van der Waals surface area contributed by atoms with Gasteiger partial charge in [0.2, 0.25) is 0 Å². The van der Waals surface area contributed by atoms with Gasteiger partial charge >= 0.3 is 5.69 Å². The molecule has 1 aromatic heterocycles. The van der Waals surface area contributed by atoms with Crippen molar-refractivity contribution in [2.24, 2.45) is 0 Å². The number of rotatable bonds is 6. The smallest absolute Gasteiger partial charge is 0.330 e. The summed E-state index contributed by atoms with van der Waals surface area (Å²) in [5.74, 6) is 0.161. The maximum absolute atomic E-state index is 11.7. The summed E-state index contributed by atoms with van der Waals surface area (Å²) in [6.07, 6.45) is 0.694. The van der Waals surface area contributed by atoms with Crippen molar-refractivity contribution in [3.05, 3.63) is 20.8 Å². The van der Waals surface area contributed by atoms with E-state index < -0.39 is 11.2 Å². The minimum Gasteiger partial charge on any atom is -0.383 e. The second kappa shape index (κ2) is 6.25. The topological polar surface area (TPSA) is 102 Å². The Labute approximate surface area is 105 Å². The average molecular weight is 256 g/mol. The number of nitrogens with two attached hydrogens (primary N) is 1. The number of nitrogens with one attached hydrogen (secondary N) is 2. The van der Waals surface area contributed by atoms with Crippen molar-refractivity contribution in [3.8, 4) is 0 Å². The van der Waals surface area contributed by atoms with Crippen LogP contribution in [0.2, 0.25) is 0 Å². The zero-order chi connectivity index (χ0) is 13.7. The van der Waals surface area contributed by atoms with Crippen LogP contribution in [0.1, 0.15) is 20.3 Å². The van der Waals surface area contributed by atoms with Crippen LogP contribution < -0.4 is 22.3 Å². The van der Waals surface area contributed by atoms with E-state index in [1.165, 1.54) is 4.57 Å². The fourth-order valence-electron chi connectivity index (χ4n) is 1.53. The van der Waals surface area contributed by atoms with Crippen LogP contribution in [0.4, 0.5) is 11.5 Å². The molecule has 1 unspecified atom stereocenters. The molecule has 18 heavy (non-hydrogen) atoms. The second-order valence-corrected chi connectivity index (χ2v) is 4.10. The molecule has 1 rings (SSSR count). The van der Waals surface area contributed by atoms with Gasteiger partial charge in [0.05, 0.1) is 6.10 Å². The molecule has 0 saturated carbocycles. The lowest BCUT2D eigenvalue weighted by atomic mass is 10.3. The number of aromatic nitrogens is 2. The Morgan fingerprint density at radius 2 is 2.17 bits per heavy atom. The maximum Gasteiger partial charge on any atom is 0.330 e. The third-order valence-electron chi connectivity index (χ3n) is 2.66. The summed E-state index contributed by atoms with van der Waals surface area (Å²) in [6, 6.07) is 0. The summed E-state index contributed by atoms with van der Waals surface area (Å²) < 4.78 is 6.42. The van der Waals surface area contributed by atoms with Gasteiger partial charge in [0.1, 0.15) is 11.5 Å². The molecule has 0 aliphatic rings. The molecule has 0 bridgehead atoms. The first-order valence-electron chi connectivity index (χ1n) is 5.90. The van der Waals surface area contributed by atoms with E-state index in [0.29, 0.717) is 13.1 Å². The van der Waals surface area contributed by atoms with Gasteiger partial charge in [-0.15, -0.1) is 0 Å². The largest absolute Gasteiger partial charge is 0.383 e. The summed E-state index contributed by atoms with van der Waals surface area (Å²) in [6.45, 7) is 4.70. The number of nitrogens with zero attached hydrogens (tertiary/aromatic N) is 1. The molecule has 0 fully saturated rings. The number of ether oxygens (including phenoxy) is 1. The van der Waals surface area contributed by atoms with E-state index in [1.807, 2.05) is 13.8 Å². The van der Waals surface area contributed by atoms with Gasteiger partial charge in [-0.05, 0) is 13.3 Å². The van der Waals surface area contributed by atoms with Gasteiger partial charge in [-0.1, -0.05) is 6.92 Å². The van der Waals surface area contributed by atoms with Crippen molar-refractivity contribution in [2.45, 2.75) is 32.9 Å². The lowest BCUT2D eigenvalue weighted by Crippen LogP contribution is -2.35. The number of methoxy groups -OCH3 is 1. The highest BCUT2D eigenvalue weighted by Gasteiger charge is 2.12. The first kappa shape index (κ1) is 14.3. The number of hydrogen-bond donors (Lipinski definition) is 3. The van der Waals surface area contributed by atoms with E-state index in [0.717, 1.165) is 6.42 Å². The molecule has 102 valence electrons. The number of nitrogen functional groups attached to an aromatic ring is 1. The minimum atomic E-state index is -0.506. The van der Waals surface area contributed by atoms with Crippen molar-refractivity contribution < 1.29 is 4.74 Å². The Morgan fingerprint density at radius 3 is 2.72 bits per heavy atom. The summed E-state index contributed by atoms with van der Waals surface area (Å²) in [4.78, 5) is 25.5. The normalized spacial score (nSPS) is 12.4. The van der Waals surface area contributed by atoms with Crippen molar-refractivity contribution in [1.82, 2.24) is 9.55 Å². The molecule has 1 atom stereocenters. The molecule has 4 N–H and O–H groups in total. The Hall–Kier alpha value is -1.76. The second-order valence-electron chi connectivity index (χ2n) is 4.10. The van der Waals surface area contributed by atoms with Gasteiger partial charge < -0.3 is 15.8 Å². The molecule has 0 aliphatic carbocycles. The van der Waals surface area contributed by atoms with Crippen LogP contribution in [0.3, 0.4) is 0 Å². The Balaban J connectivity index is 3.07. The predicted molar refractivity (Wildman–Crippen MR) is 71.0 cm³/mol. The van der Waals surface area contributed by atoms with E-state index in [9.17, 15) is 9.59 Å². The number of H-pyrrole nitrogens is 1. The van der Waals surface area contributed by atoms with Gasteiger partial charge in [-0.3, -0.25) is 14.3 Å². The van der Waals surface area contributed by atoms with Gasteiger partial charge in [-0.2, -0.15) is 0 Å². The van der Waals surface area contributed by atoms with Crippen LogP contribution in [0.25, 0.3) is 0 Å². The molecule has 1 heterocycles.